The monoisotopic (exact) mass is 273 g/mol. The number of ether oxygens (including phenoxy) is 1. The van der Waals surface area contributed by atoms with E-state index in [2.05, 4.69) is 11.1 Å². The molecule has 0 atom stereocenters. The van der Waals surface area contributed by atoms with Gasteiger partial charge in [-0.05, 0) is 31.4 Å². The number of fused-ring (bicyclic) bond motifs is 1. The minimum absolute atomic E-state index is 0.0525. The lowest BCUT2D eigenvalue weighted by atomic mass is 10.0. The number of aromatic amines is 1. The van der Waals surface area contributed by atoms with Crippen LogP contribution in [0.3, 0.4) is 0 Å². The van der Waals surface area contributed by atoms with Crippen molar-refractivity contribution in [2.24, 2.45) is 0 Å². The third-order valence-electron chi connectivity index (χ3n) is 3.22. The summed E-state index contributed by atoms with van der Waals surface area (Å²) < 4.78 is 4.76. The molecular formula is C16H19NO3. The predicted octanol–water partition coefficient (Wildman–Crippen LogP) is 3.01. The Balaban J connectivity index is 1.81. The first-order valence-corrected chi connectivity index (χ1v) is 6.93. The van der Waals surface area contributed by atoms with Gasteiger partial charge in [-0.25, -0.2) is 0 Å². The number of carbonyl (C=O) groups is 2. The van der Waals surface area contributed by atoms with Crippen LogP contribution >= 0.6 is 0 Å². The Bertz CT molecular complexity index is 601. The highest BCUT2D eigenvalue weighted by Gasteiger charge is 2.10. The van der Waals surface area contributed by atoms with E-state index >= 15 is 0 Å². The number of nitrogens with one attached hydrogen (secondary N) is 1. The van der Waals surface area contributed by atoms with E-state index in [9.17, 15) is 9.59 Å². The van der Waals surface area contributed by atoms with Gasteiger partial charge in [-0.3, -0.25) is 9.59 Å². The molecule has 0 aliphatic heterocycles. The van der Waals surface area contributed by atoms with Gasteiger partial charge in [0.1, 0.15) is 12.2 Å². The first-order chi connectivity index (χ1) is 9.70. The number of Topliss-reactive ketones (excluding diaryl/α,β-unsaturated/α-hetero) is 1. The fraction of sp³-hybridized carbons (Fsp3) is 0.375. The first kappa shape index (κ1) is 14.3. The van der Waals surface area contributed by atoms with E-state index in [0.717, 1.165) is 18.4 Å². The molecule has 106 valence electrons. The van der Waals surface area contributed by atoms with Crippen LogP contribution in [0.1, 0.15) is 31.7 Å². The molecule has 0 unspecified atom stereocenters. The highest BCUT2D eigenvalue weighted by molar-refractivity contribution is 5.95. The molecule has 0 aliphatic rings. The van der Waals surface area contributed by atoms with Crippen molar-refractivity contribution in [1.29, 1.82) is 0 Å². The van der Waals surface area contributed by atoms with Crippen LogP contribution in [0.4, 0.5) is 0 Å². The van der Waals surface area contributed by atoms with Gasteiger partial charge in [0.05, 0.1) is 6.61 Å². The van der Waals surface area contributed by atoms with Crippen LogP contribution < -0.4 is 0 Å². The molecule has 20 heavy (non-hydrogen) atoms. The molecule has 1 N–H and O–H groups in total. The van der Waals surface area contributed by atoms with Gasteiger partial charge in [-0.2, -0.15) is 0 Å². The molecule has 2 rings (SSSR count). The van der Waals surface area contributed by atoms with E-state index in [1.165, 1.54) is 10.9 Å². The Morgan fingerprint density at radius 1 is 1.25 bits per heavy atom. The molecule has 0 bridgehead atoms. The van der Waals surface area contributed by atoms with Crippen LogP contribution in [0.2, 0.25) is 0 Å². The minimum atomic E-state index is -0.426. The van der Waals surface area contributed by atoms with E-state index in [1.54, 1.807) is 6.92 Å². The Morgan fingerprint density at radius 3 is 2.85 bits per heavy atom. The third-order valence-corrected chi connectivity index (χ3v) is 3.22. The van der Waals surface area contributed by atoms with Gasteiger partial charge in [-0.1, -0.05) is 18.2 Å². The van der Waals surface area contributed by atoms with E-state index in [1.807, 2.05) is 24.4 Å². The Labute approximate surface area is 118 Å². The Hall–Kier alpha value is -2.10. The molecule has 0 saturated carbocycles. The van der Waals surface area contributed by atoms with Crippen molar-refractivity contribution in [1.82, 2.24) is 4.98 Å². The Morgan fingerprint density at radius 2 is 2.05 bits per heavy atom. The number of aryl methyl sites for hydroxylation is 1. The highest BCUT2D eigenvalue weighted by atomic mass is 16.5. The van der Waals surface area contributed by atoms with Crippen molar-refractivity contribution in [3.63, 3.8) is 0 Å². The lowest BCUT2D eigenvalue weighted by molar-refractivity contribution is -0.145. The first-order valence-electron chi connectivity index (χ1n) is 6.93. The molecule has 1 aromatic heterocycles. The molecular weight excluding hydrogens is 254 g/mol. The van der Waals surface area contributed by atoms with Gasteiger partial charge in [0.2, 0.25) is 0 Å². The maximum atomic E-state index is 11.6. The van der Waals surface area contributed by atoms with Crippen molar-refractivity contribution in [3.05, 3.63) is 36.0 Å². The summed E-state index contributed by atoms with van der Waals surface area (Å²) >= 11 is 0. The average Bonchev–Trinajstić information content (AvgIpc) is 2.82. The van der Waals surface area contributed by atoms with E-state index in [0.29, 0.717) is 13.0 Å². The van der Waals surface area contributed by atoms with Gasteiger partial charge in [-0.15, -0.1) is 0 Å². The Kier molecular flexibility index (Phi) is 4.93. The van der Waals surface area contributed by atoms with Crippen molar-refractivity contribution in [2.75, 3.05) is 6.61 Å². The SMILES string of the molecule is CCOC(=O)CC(=O)CCCc1c[nH]c2ccccc12. The number of esters is 1. The summed E-state index contributed by atoms with van der Waals surface area (Å²) in [6.07, 6.45) is 3.87. The molecule has 4 heteroatoms. The van der Waals surface area contributed by atoms with Gasteiger partial charge >= 0.3 is 5.97 Å². The van der Waals surface area contributed by atoms with Crippen LogP contribution in [0.25, 0.3) is 10.9 Å². The van der Waals surface area contributed by atoms with E-state index in [-0.39, 0.29) is 12.2 Å². The highest BCUT2D eigenvalue weighted by Crippen LogP contribution is 2.19. The van der Waals surface area contributed by atoms with Crippen LogP contribution in [-0.4, -0.2) is 23.3 Å². The standard InChI is InChI=1S/C16H19NO3/c1-2-20-16(19)10-13(18)7-5-6-12-11-17-15-9-4-3-8-14(12)15/h3-4,8-9,11,17H,2,5-7,10H2,1H3. The number of ketones is 1. The molecule has 0 aliphatic carbocycles. The number of carbonyl (C=O) groups excluding carboxylic acids is 2. The fourth-order valence-corrected chi connectivity index (χ4v) is 2.28. The van der Waals surface area contributed by atoms with Crippen molar-refractivity contribution in [2.45, 2.75) is 32.6 Å². The van der Waals surface area contributed by atoms with Gasteiger partial charge in [0, 0.05) is 23.5 Å². The fourth-order valence-electron chi connectivity index (χ4n) is 2.28. The normalized spacial score (nSPS) is 10.7. The number of aromatic nitrogens is 1. The summed E-state index contributed by atoms with van der Waals surface area (Å²) in [6, 6.07) is 8.10. The van der Waals surface area contributed by atoms with Crippen LogP contribution in [0, 0.1) is 0 Å². The van der Waals surface area contributed by atoms with Crippen LogP contribution in [-0.2, 0) is 20.7 Å². The van der Waals surface area contributed by atoms with Crippen LogP contribution in [0.15, 0.2) is 30.5 Å². The second-order valence-corrected chi connectivity index (χ2v) is 4.73. The zero-order valence-electron chi connectivity index (χ0n) is 11.6. The number of rotatable bonds is 7. The third kappa shape index (κ3) is 3.70. The lowest BCUT2D eigenvalue weighted by Crippen LogP contribution is -2.11. The second-order valence-electron chi connectivity index (χ2n) is 4.73. The van der Waals surface area contributed by atoms with Crippen molar-refractivity contribution in [3.8, 4) is 0 Å². The number of para-hydroxylation sites is 1. The summed E-state index contributed by atoms with van der Waals surface area (Å²) in [6.45, 7) is 2.06. The smallest absolute Gasteiger partial charge is 0.313 e. The van der Waals surface area contributed by atoms with Gasteiger partial charge < -0.3 is 9.72 Å². The summed E-state index contributed by atoms with van der Waals surface area (Å²) in [5, 5.41) is 1.20. The summed E-state index contributed by atoms with van der Waals surface area (Å²) in [5.41, 5.74) is 2.32. The predicted molar refractivity (Wildman–Crippen MR) is 77.5 cm³/mol. The van der Waals surface area contributed by atoms with Gasteiger partial charge in [0.15, 0.2) is 0 Å². The number of hydrogen-bond acceptors (Lipinski definition) is 3. The second kappa shape index (κ2) is 6.89. The number of hydrogen-bond donors (Lipinski definition) is 1. The van der Waals surface area contributed by atoms with Crippen molar-refractivity contribution >= 4 is 22.7 Å². The molecule has 0 fully saturated rings. The maximum absolute atomic E-state index is 11.6. The lowest BCUT2D eigenvalue weighted by Gasteiger charge is -2.02. The summed E-state index contributed by atoms with van der Waals surface area (Å²) in [5.74, 6) is -0.479. The summed E-state index contributed by atoms with van der Waals surface area (Å²) in [7, 11) is 0. The molecule has 1 aromatic carbocycles. The quantitative estimate of drug-likeness (QED) is 0.623. The molecule has 2 aromatic rings. The topological polar surface area (TPSA) is 59.2 Å². The number of H-pyrrole nitrogens is 1. The number of benzene rings is 1. The van der Waals surface area contributed by atoms with Crippen molar-refractivity contribution < 1.29 is 14.3 Å². The maximum Gasteiger partial charge on any atom is 0.313 e. The zero-order chi connectivity index (χ0) is 14.4. The summed E-state index contributed by atoms with van der Waals surface area (Å²) in [4.78, 5) is 26.0. The minimum Gasteiger partial charge on any atom is -0.466 e. The zero-order valence-corrected chi connectivity index (χ0v) is 11.6. The molecule has 0 radical (unpaired) electrons. The largest absolute Gasteiger partial charge is 0.466 e. The molecule has 0 amide bonds. The molecule has 4 nitrogen and oxygen atoms in total. The van der Waals surface area contributed by atoms with Gasteiger partial charge in [0.25, 0.3) is 0 Å². The molecule has 1 heterocycles. The van der Waals surface area contributed by atoms with E-state index < -0.39 is 5.97 Å². The average molecular weight is 273 g/mol. The molecule has 0 spiro atoms. The van der Waals surface area contributed by atoms with E-state index in [4.69, 9.17) is 4.74 Å². The molecule has 0 saturated heterocycles. The van der Waals surface area contributed by atoms with Crippen LogP contribution in [0.5, 0.6) is 0 Å².